The number of rotatable bonds is 7. The van der Waals surface area contributed by atoms with Crippen molar-refractivity contribution in [3.8, 4) is 0 Å². The van der Waals surface area contributed by atoms with E-state index in [0.29, 0.717) is 41.5 Å². The molecule has 2 saturated carbocycles. The highest BCUT2D eigenvalue weighted by Gasteiger charge is 2.37. The van der Waals surface area contributed by atoms with Crippen molar-refractivity contribution < 1.29 is 13.2 Å². The Hall–Kier alpha value is -2.78. The van der Waals surface area contributed by atoms with Gasteiger partial charge in [-0.3, -0.25) is 14.2 Å². The number of pyridine rings is 1. The van der Waals surface area contributed by atoms with E-state index in [1.54, 1.807) is 12.1 Å². The molecule has 8 nitrogen and oxygen atoms in total. The molecular weight excluding hydrogens is 488 g/mol. The number of hydrogen-bond donors (Lipinski definition) is 1. The number of carbonyl (C=O) groups excluding carboxylic acids is 1. The molecule has 5 rings (SSSR count). The van der Waals surface area contributed by atoms with Crippen LogP contribution in [0.2, 0.25) is 5.02 Å². The summed E-state index contributed by atoms with van der Waals surface area (Å²) in [6.45, 7) is 0. The highest BCUT2D eigenvalue weighted by molar-refractivity contribution is 7.92. The van der Waals surface area contributed by atoms with Gasteiger partial charge in [-0.2, -0.15) is 0 Å². The third-order valence-electron chi connectivity index (χ3n) is 6.95. The molecule has 1 aromatic carbocycles. The highest BCUT2D eigenvalue weighted by atomic mass is 35.5. The molecule has 3 aromatic rings. The standard InChI is InChI=1S/C25H27ClN4O4S/c26-17-6-11-23(27-14-17)29-24(31)22(12-16-4-2-1-3-5-16)30-15-28-21-13-19(9-10-20(21)25(30)32)35(33,34)18-7-8-18/h6,9-11,13-16,18,22H,1-5,7-8,12H2,(H,27,29,31). The van der Waals surface area contributed by atoms with Crippen molar-refractivity contribution in [1.29, 1.82) is 0 Å². The molecule has 184 valence electrons. The molecular formula is C25H27ClN4O4S. The number of anilines is 1. The molecule has 1 unspecified atom stereocenters. The van der Waals surface area contributed by atoms with Gasteiger partial charge in [0.15, 0.2) is 9.84 Å². The molecule has 0 spiro atoms. The summed E-state index contributed by atoms with van der Waals surface area (Å²) in [6.07, 6.45) is 10.1. The minimum atomic E-state index is -3.40. The first-order valence-electron chi connectivity index (χ1n) is 12.0. The lowest BCUT2D eigenvalue weighted by molar-refractivity contribution is -0.120. The largest absolute Gasteiger partial charge is 0.309 e. The van der Waals surface area contributed by atoms with Gasteiger partial charge in [0.1, 0.15) is 11.9 Å². The zero-order valence-corrected chi connectivity index (χ0v) is 20.8. The Labute approximate surface area is 208 Å². The van der Waals surface area contributed by atoms with Gasteiger partial charge in [0, 0.05) is 6.20 Å². The van der Waals surface area contributed by atoms with Crippen LogP contribution in [0.5, 0.6) is 0 Å². The van der Waals surface area contributed by atoms with Crippen molar-refractivity contribution in [1.82, 2.24) is 14.5 Å². The van der Waals surface area contributed by atoms with E-state index in [0.717, 1.165) is 25.7 Å². The van der Waals surface area contributed by atoms with Crippen molar-refractivity contribution in [2.75, 3.05) is 5.32 Å². The number of aromatic nitrogens is 3. The van der Waals surface area contributed by atoms with Gasteiger partial charge in [-0.25, -0.2) is 18.4 Å². The molecule has 1 atom stereocenters. The zero-order chi connectivity index (χ0) is 24.6. The predicted octanol–water partition coefficient (Wildman–Crippen LogP) is 4.53. The van der Waals surface area contributed by atoms with Crippen molar-refractivity contribution in [2.24, 2.45) is 5.92 Å². The normalized spacial score (nSPS) is 17.9. The molecule has 0 aliphatic heterocycles. The minimum Gasteiger partial charge on any atom is -0.309 e. The van der Waals surface area contributed by atoms with Gasteiger partial charge in [-0.05, 0) is 55.5 Å². The van der Waals surface area contributed by atoms with E-state index in [2.05, 4.69) is 15.3 Å². The third-order valence-corrected chi connectivity index (χ3v) is 9.43. The quantitative estimate of drug-likeness (QED) is 0.495. The lowest BCUT2D eigenvalue weighted by Crippen LogP contribution is -2.35. The minimum absolute atomic E-state index is 0.183. The Morgan fingerprint density at radius 3 is 2.54 bits per heavy atom. The van der Waals surface area contributed by atoms with E-state index in [1.165, 1.54) is 41.7 Å². The van der Waals surface area contributed by atoms with Crippen molar-refractivity contribution in [2.45, 2.75) is 67.6 Å². The second-order valence-corrected chi connectivity index (χ2v) is 12.2. The molecule has 2 aromatic heterocycles. The number of carbonyl (C=O) groups is 1. The third kappa shape index (κ3) is 5.11. The fourth-order valence-corrected chi connectivity index (χ4v) is 6.62. The maximum absolute atomic E-state index is 13.5. The predicted molar refractivity (Wildman–Crippen MR) is 134 cm³/mol. The molecule has 35 heavy (non-hydrogen) atoms. The first kappa shape index (κ1) is 23.9. The summed E-state index contributed by atoms with van der Waals surface area (Å²) < 4.78 is 26.6. The second kappa shape index (κ2) is 9.70. The van der Waals surface area contributed by atoms with Gasteiger partial charge in [0.05, 0.1) is 32.4 Å². The monoisotopic (exact) mass is 514 g/mol. The Bertz CT molecular complexity index is 1410. The summed E-state index contributed by atoms with van der Waals surface area (Å²) in [5.41, 5.74) is -0.0606. The van der Waals surface area contributed by atoms with Crippen LogP contribution in [0.25, 0.3) is 10.9 Å². The average Bonchev–Trinajstić information content (AvgIpc) is 3.71. The molecule has 0 radical (unpaired) electrons. The van der Waals surface area contributed by atoms with Crippen LogP contribution in [0.3, 0.4) is 0 Å². The summed E-state index contributed by atoms with van der Waals surface area (Å²) in [7, 11) is -3.40. The maximum Gasteiger partial charge on any atom is 0.261 e. The Balaban J connectivity index is 1.49. The molecule has 0 saturated heterocycles. The fourth-order valence-electron chi connectivity index (χ4n) is 4.83. The lowest BCUT2D eigenvalue weighted by Gasteiger charge is -2.27. The Morgan fingerprint density at radius 2 is 1.86 bits per heavy atom. The van der Waals surface area contributed by atoms with Crippen molar-refractivity contribution in [3.63, 3.8) is 0 Å². The molecule has 1 N–H and O–H groups in total. The van der Waals surface area contributed by atoms with Crippen LogP contribution in [0.1, 0.15) is 57.4 Å². The molecule has 2 aliphatic rings. The van der Waals surface area contributed by atoms with Gasteiger partial charge in [-0.15, -0.1) is 0 Å². The van der Waals surface area contributed by atoms with Crippen LogP contribution in [-0.2, 0) is 14.6 Å². The van der Waals surface area contributed by atoms with Crippen LogP contribution < -0.4 is 10.9 Å². The Morgan fingerprint density at radius 1 is 1.09 bits per heavy atom. The van der Waals surface area contributed by atoms with Crippen LogP contribution in [0.15, 0.2) is 52.5 Å². The highest BCUT2D eigenvalue weighted by Crippen LogP contribution is 2.34. The van der Waals surface area contributed by atoms with E-state index in [9.17, 15) is 18.0 Å². The van der Waals surface area contributed by atoms with Crippen LogP contribution >= 0.6 is 11.6 Å². The first-order chi connectivity index (χ1) is 16.8. The number of benzene rings is 1. The van der Waals surface area contributed by atoms with E-state index in [-0.39, 0.29) is 27.0 Å². The number of fused-ring (bicyclic) bond motifs is 1. The van der Waals surface area contributed by atoms with Gasteiger partial charge in [-0.1, -0.05) is 43.7 Å². The Kier molecular flexibility index (Phi) is 6.63. The average molecular weight is 515 g/mol. The van der Waals surface area contributed by atoms with Gasteiger partial charge in [0.25, 0.3) is 5.56 Å². The van der Waals surface area contributed by atoms with Crippen LogP contribution in [0.4, 0.5) is 5.82 Å². The van der Waals surface area contributed by atoms with Gasteiger partial charge in [0.2, 0.25) is 5.91 Å². The van der Waals surface area contributed by atoms with Gasteiger partial charge >= 0.3 is 0 Å². The molecule has 0 bridgehead atoms. The first-order valence-corrected chi connectivity index (χ1v) is 13.9. The van der Waals surface area contributed by atoms with Gasteiger partial charge < -0.3 is 5.32 Å². The van der Waals surface area contributed by atoms with E-state index in [1.807, 2.05) is 0 Å². The van der Waals surface area contributed by atoms with Crippen LogP contribution in [-0.4, -0.2) is 34.1 Å². The molecule has 2 fully saturated rings. The van der Waals surface area contributed by atoms with E-state index in [4.69, 9.17) is 11.6 Å². The second-order valence-electron chi connectivity index (χ2n) is 9.49. The maximum atomic E-state index is 13.5. The number of hydrogen-bond acceptors (Lipinski definition) is 6. The number of nitrogens with one attached hydrogen (secondary N) is 1. The van der Waals surface area contributed by atoms with Crippen LogP contribution in [0, 0.1) is 5.92 Å². The molecule has 2 heterocycles. The fraction of sp³-hybridized carbons (Fsp3) is 0.440. The van der Waals surface area contributed by atoms with Crippen molar-refractivity contribution >= 4 is 44.1 Å². The summed E-state index contributed by atoms with van der Waals surface area (Å²) >= 11 is 5.91. The smallest absolute Gasteiger partial charge is 0.261 e. The molecule has 1 amide bonds. The topological polar surface area (TPSA) is 111 Å². The summed E-state index contributed by atoms with van der Waals surface area (Å²) in [5.74, 6) is 0.331. The number of amides is 1. The number of nitrogens with zero attached hydrogens (tertiary/aromatic N) is 3. The zero-order valence-electron chi connectivity index (χ0n) is 19.2. The summed E-state index contributed by atoms with van der Waals surface area (Å²) in [4.78, 5) is 35.6. The lowest BCUT2D eigenvalue weighted by atomic mass is 9.84. The van der Waals surface area contributed by atoms with E-state index < -0.39 is 15.9 Å². The van der Waals surface area contributed by atoms with E-state index >= 15 is 0 Å². The summed E-state index contributed by atoms with van der Waals surface area (Å²) in [6, 6.07) is 6.92. The molecule has 10 heteroatoms. The summed E-state index contributed by atoms with van der Waals surface area (Å²) in [5, 5.41) is 3.21. The number of halogens is 1. The SMILES string of the molecule is O=C(Nc1ccc(Cl)cn1)C(CC1CCCCC1)n1cnc2cc(S(=O)(=O)C3CC3)ccc2c1=O. The molecule has 2 aliphatic carbocycles. The number of sulfone groups is 1. The van der Waals surface area contributed by atoms with Crippen molar-refractivity contribution in [3.05, 3.63) is 58.2 Å².